The van der Waals surface area contributed by atoms with E-state index in [1.807, 2.05) is 0 Å². The molecule has 0 radical (unpaired) electrons. The Balaban J connectivity index is 3.10. The maximum atomic E-state index is 8.72. The number of aliphatic hydroxyl groups excluding tert-OH is 1. The van der Waals surface area contributed by atoms with Gasteiger partial charge >= 0.3 is 0 Å². The van der Waals surface area contributed by atoms with E-state index < -0.39 is 0 Å². The first kappa shape index (κ1) is 7.88. The Bertz CT molecular complexity index is 56.4. The maximum Gasteiger partial charge on any atom is 0.0527 e. The van der Waals surface area contributed by atoms with Gasteiger partial charge in [0.05, 0.1) is 6.10 Å². The fourth-order valence-electron chi connectivity index (χ4n) is 0.534. The van der Waals surface area contributed by atoms with E-state index in [1.165, 1.54) is 0 Å². The first-order valence-electron chi connectivity index (χ1n) is 2.80. The second-order valence-corrected chi connectivity index (χ2v) is 2.08. The minimum Gasteiger partial charge on any atom is -0.393 e. The first-order valence-corrected chi connectivity index (χ1v) is 2.80. The van der Waals surface area contributed by atoms with Gasteiger partial charge in [-0.25, -0.2) is 0 Å². The van der Waals surface area contributed by atoms with Crippen molar-refractivity contribution in [3.8, 4) is 0 Å². The van der Waals surface area contributed by atoms with Crippen molar-refractivity contribution < 1.29 is 5.11 Å². The third-order valence-corrected chi connectivity index (χ3v) is 0.947. The van der Waals surface area contributed by atoms with Crippen LogP contribution in [0, 0.1) is 0 Å². The van der Waals surface area contributed by atoms with Gasteiger partial charge in [0.2, 0.25) is 0 Å². The van der Waals surface area contributed by atoms with Gasteiger partial charge in [-0.3, -0.25) is 0 Å². The van der Waals surface area contributed by atoms with E-state index in [4.69, 9.17) is 16.6 Å². The largest absolute Gasteiger partial charge is 0.393 e. The molecule has 2 unspecified atom stereocenters. The van der Waals surface area contributed by atoms with Crippen molar-refractivity contribution in [3.63, 3.8) is 0 Å². The molecule has 5 N–H and O–H groups in total. The van der Waals surface area contributed by atoms with E-state index in [0.29, 0.717) is 13.0 Å². The Morgan fingerprint density at radius 1 is 1.62 bits per heavy atom. The summed E-state index contributed by atoms with van der Waals surface area (Å²) in [6.45, 7) is 2.15. The highest BCUT2D eigenvalue weighted by atomic mass is 16.3. The van der Waals surface area contributed by atoms with Crippen LogP contribution in [0.5, 0.6) is 0 Å². The molecule has 0 spiro atoms. The zero-order valence-corrected chi connectivity index (χ0v) is 5.17. The summed E-state index contributed by atoms with van der Waals surface area (Å²) in [7, 11) is 0. The molecule has 0 aromatic rings. The molecule has 3 heteroatoms. The SMILES string of the molecule is CC(O)CC(N)CN. The van der Waals surface area contributed by atoms with Crippen LogP contribution in [-0.2, 0) is 0 Å². The van der Waals surface area contributed by atoms with E-state index in [-0.39, 0.29) is 12.1 Å². The molecular weight excluding hydrogens is 104 g/mol. The number of rotatable bonds is 3. The summed E-state index contributed by atoms with van der Waals surface area (Å²) >= 11 is 0. The predicted molar refractivity (Wildman–Crippen MR) is 33.3 cm³/mol. The monoisotopic (exact) mass is 118 g/mol. The second-order valence-electron chi connectivity index (χ2n) is 2.08. The molecule has 2 atom stereocenters. The maximum absolute atomic E-state index is 8.72. The van der Waals surface area contributed by atoms with Crippen LogP contribution in [0.3, 0.4) is 0 Å². The molecular formula is C5H14N2O. The fraction of sp³-hybridized carbons (Fsp3) is 1.00. The molecule has 0 heterocycles. The van der Waals surface area contributed by atoms with Crippen molar-refractivity contribution in [2.24, 2.45) is 11.5 Å². The summed E-state index contributed by atoms with van der Waals surface area (Å²) in [6.07, 6.45) is 0.268. The molecule has 8 heavy (non-hydrogen) atoms. The van der Waals surface area contributed by atoms with Crippen molar-refractivity contribution in [1.82, 2.24) is 0 Å². The molecule has 0 aliphatic heterocycles. The molecule has 3 nitrogen and oxygen atoms in total. The van der Waals surface area contributed by atoms with Gasteiger partial charge < -0.3 is 16.6 Å². The summed E-state index contributed by atoms with van der Waals surface area (Å²) in [5.41, 5.74) is 10.6. The van der Waals surface area contributed by atoms with E-state index >= 15 is 0 Å². The summed E-state index contributed by atoms with van der Waals surface area (Å²) in [5.74, 6) is 0. The topological polar surface area (TPSA) is 72.3 Å². The van der Waals surface area contributed by atoms with Crippen molar-refractivity contribution in [2.75, 3.05) is 6.54 Å². The number of aliphatic hydroxyl groups is 1. The van der Waals surface area contributed by atoms with Gasteiger partial charge in [0.25, 0.3) is 0 Å². The minimum absolute atomic E-state index is 0.0463. The molecule has 0 aromatic heterocycles. The standard InChI is InChI=1S/C5H14N2O/c1-4(8)2-5(7)3-6/h4-5,8H,2-3,6-7H2,1H3. The highest BCUT2D eigenvalue weighted by molar-refractivity contribution is 4.63. The lowest BCUT2D eigenvalue weighted by Crippen LogP contribution is -2.32. The van der Waals surface area contributed by atoms with Gasteiger partial charge in [0.1, 0.15) is 0 Å². The van der Waals surface area contributed by atoms with E-state index in [0.717, 1.165) is 0 Å². The summed E-state index contributed by atoms with van der Waals surface area (Å²) in [5, 5.41) is 8.72. The van der Waals surface area contributed by atoms with Gasteiger partial charge in [0, 0.05) is 12.6 Å². The fourth-order valence-corrected chi connectivity index (χ4v) is 0.534. The van der Waals surface area contributed by atoms with Crippen LogP contribution in [0.4, 0.5) is 0 Å². The Labute approximate surface area is 49.7 Å². The van der Waals surface area contributed by atoms with E-state index in [1.54, 1.807) is 6.92 Å². The molecule has 0 aromatic carbocycles. The zero-order chi connectivity index (χ0) is 6.57. The molecule has 0 aliphatic carbocycles. The van der Waals surface area contributed by atoms with Crippen LogP contribution in [0.25, 0.3) is 0 Å². The molecule has 50 valence electrons. The van der Waals surface area contributed by atoms with Crippen LogP contribution in [0.2, 0.25) is 0 Å². The normalized spacial score (nSPS) is 18.0. The molecule has 0 saturated carbocycles. The lowest BCUT2D eigenvalue weighted by atomic mass is 10.1. The molecule has 0 aliphatic rings. The van der Waals surface area contributed by atoms with Crippen molar-refractivity contribution in [1.29, 1.82) is 0 Å². The van der Waals surface area contributed by atoms with Gasteiger partial charge in [-0.2, -0.15) is 0 Å². The third kappa shape index (κ3) is 4.05. The Morgan fingerprint density at radius 2 is 2.12 bits per heavy atom. The van der Waals surface area contributed by atoms with Crippen LogP contribution in [-0.4, -0.2) is 23.8 Å². The van der Waals surface area contributed by atoms with Crippen LogP contribution in [0.15, 0.2) is 0 Å². The summed E-state index contributed by atoms with van der Waals surface area (Å²) in [6, 6.07) is -0.0463. The summed E-state index contributed by atoms with van der Waals surface area (Å²) in [4.78, 5) is 0. The quantitative estimate of drug-likeness (QED) is 0.447. The van der Waals surface area contributed by atoms with Crippen LogP contribution >= 0.6 is 0 Å². The molecule has 0 rings (SSSR count). The van der Waals surface area contributed by atoms with E-state index in [9.17, 15) is 0 Å². The van der Waals surface area contributed by atoms with Gasteiger partial charge in [0.15, 0.2) is 0 Å². The van der Waals surface area contributed by atoms with Crippen molar-refractivity contribution in [3.05, 3.63) is 0 Å². The summed E-state index contributed by atoms with van der Waals surface area (Å²) < 4.78 is 0. The zero-order valence-electron chi connectivity index (χ0n) is 5.17. The average Bonchev–Trinajstić information content (AvgIpc) is 1.65. The number of hydrogen-bond acceptors (Lipinski definition) is 3. The van der Waals surface area contributed by atoms with Crippen LogP contribution < -0.4 is 11.5 Å². The Kier molecular flexibility index (Phi) is 3.77. The molecule has 0 fully saturated rings. The first-order chi connectivity index (χ1) is 3.66. The third-order valence-electron chi connectivity index (χ3n) is 0.947. The predicted octanol–water partition coefficient (Wildman–Crippen LogP) is -0.957. The van der Waals surface area contributed by atoms with Crippen molar-refractivity contribution >= 4 is 0 Å². The molecule has 0 bridgehead atoms. The van der Waals surface area contributed by atoms with Gasteiger partial charge in [-0.1, -0.05) is 0 Å². The lowest BCUT2D eigenvalue weighted by molar-refractivity contribution is 0.175. The van der Waals surface area contributed by atoms with Crippen LogP contribution in [0.1, 0.15) is 13.3 Å². The van der Waals surface area contributed by atoms with Gasteiger partial charge in [-0.05, 0) is 13.3 Å². The minimum atomic E-state index is -0.325. The van der Waals surface area contributed by atoms with E-state index in [2.05, 4.69) is 0 Å². The highest BCUT2D eigenvalue weighted by Gasteiger charge is 2.02. The van der Waals surface area contributed by atoms with Crippen molar-refractivity contribution in [2.45, 2.75) is 25.5 Å². The number of nitrogens with two attached hydrogens (primary N) is 2. The smallest absolute Gasteiger partial charge is 0.0527 e. The Morgan fingerprint density at radius 3 is 2.25 bits per heavy atom. The number of hydrogen-bond donors (Lipinski definition) is 3. The molecule has 0 saturated heterocycles. The lowest BCUT2D eigenvalue weighted by Gasteiger charge is -2.09. The highest BCUT2D eigenvalue weighted by Crippen LogP contribution is 1.91. The second kappa shape index (κ2) is 3.83. The molecule has 0 amide bonds. The van der Waals surface area contributed by atoms with Gasteiger partial charge in [-0.15, -0.1) is 0 Å². The Hall–Kier alpha value is -0.120. The average molecular weight is 118 g/mol.